The minimum Gasteiger partial charge on any atom is -0.374 e. The SMILES string of the molecule is Clc1ncc(COC[C@H]2CCCN2)s1. The van der Waals surface area contributed by atoms with Crippen LogP contribution < -0.4 is 5.32 Å². The number of hydrogen-bond acceptors (Lipinski definition) is 4. The van der Waals surface area contributed by atoms with Gasteiger partial charge in [-0.15, -0.1) is 11.3 Å². The summed E-state index contributed by atoms with van der Waals surface area (Å²) >= 11 is 7.19. The fourth-order valence-electron chi connectivity index (χ4n) is 1.55. The lowest BCUT2D eigenvalue weighted by atomic mass is 10.2. The molecular weight excluding hydrogens is 220 g/mol. The average molecular weight is 233 g/mol. The number of halogens is 1. The molecular formula is C9H13ClN2OS. The maximum atomic E-state index is 5.71. The molecule has 2 heterocycles. The van der Waals surface area contributed by atoms with Crippen molar-refractivity contribution in [2.45, 2.75) is 25.5 Å². The van der Waals surface area contributed by atoms with Crippen molar-refractivity contribution in [1.82, 2.24) is 10.3 Å². The van der Waals surface area contributed by atoms with Crippen LogP contribution in [0.3, 0.4) is 0 Å². The molecule has 2 rings (SSSR count). The lowest BCUT2D eigenvalue weighted by Crippen LogP contribution is -2.26. The Kier molecular flexibility index (Phi) is 3.75. The number of nitrogens with one attached hydrogen (secondary N) is 1. The van der Waals surface area contributed by atoms with Gasteiger partial charge in [-0.1, -0.05) is 11.6 Å². The van der Waals surface area contributed by atoms with E-state index in [4.69, 9.17) is 16.3 Å². The molecule has 1 aliphatic rings. The molecule has 1 aromatic rings. The van der Waals surface area contributed by atoms with E-state index in [2.05, 4.69) is 10.3 Å². The fraction of sp³-hybridized carbons (Fsp3) is 0.667. The summed E-state index contributed by atoms with van der Waals surface area (Å²) in [4.78, 5) is 5.05. The molecule has 0 bridgehead atoms. The Morgan fingerprint density at radius 2 is 2.64 bits per heavy atom. The number of rotatable bonds is 4. The first kappa shape index (κ1) is 10.4. The summed E-state index contributed by atoms with van der Waals surface area (Å²) in [5.41, 5.74) is 0. The molecule has 0 saturated carbocycles. The van der Waals surface area contributed by atoms with Crippen LogP contribution >= 0.6 is 22.9 Å². The van der Waals surface area contributed by atoms with E-state index in [-0.39, 0.29) is 0 Å². The van der Waals surface area contributed by atoms with E-state index in [1.807, 2.05) is 0 Å². The number of hydrogen-bond donors (Lipinski definition) is 1. The average Bonchev–Trinajstić information content (AvgIpc) is 2.77. The Bertz CT molecular complexity index is 286. The molecule has 0 aliphatic carbocycles. The molecule has 14 heavy (non-hydrogen) atoms. The molecule has 1 fully saturated rings. The van der Waals surface area contributed by atoms with E-state index in [9.17, 15) is 0 Å². The summed E-state index contributed by atoms with van der Waals surface area (Å²) in [6, 6.07) is 0.540. The second kappa shape index (κ2) is 5.07. The molecule has 3 nitrogen and oxygen atoms in total. The maximum Gasteiger partial charge on any atom is 0.183 e. The van der Waals surface area contributed by atoms with Crippen molar-refractivity contribution in [2.24, 2.45) is 0 Å². The Morgan fingerprint density at radius 3 is 3.29 bits per heavy atom. The van der Waals surface area contributed by atoms with Gasteiger partial charge in [-0.3, -0.25) is 0 Å². The zero-order valence-electron chi connectivity index (χ0n) is 7.83. The van der Waals surface area contributed by atoms with Gasteiger partial charge in [-0.05, 0) is 19.4 Å². The summed E-state index contributed by atoms with van der Waals surface area (Å²) in [5.74, 6) is 0. The summed E-state index contributed by atoms with van der Waals surface area (Å²) in [6.07, 6.45) is 4.26. The van der Waals surface area contributed by atoms with Gasteiger partial charge in [0.05, 0.1) is 18.1 Å². The van der Waals surface area contributed by atoms with Crippen LogP contribution in [0.1, 0.15) is 17.7 Å². The van der Waals surface area contributed by atoms with Gasteiger partial charge >= 0.3 is 0 Å². The van der Waals surface area contributed by atoms with Crippen molar-refractivity contribution < 1.29 is 4.74 Å². The number of thiazole rings is 1. The van der Waals surface area contributed by atoms with Crippen molar-refractivity contribution >= 4 is 22.9 Å². The predicted octanol–water partition coefficient (Wildman–Crippen LogP) is 2.07. The maximum absolute atomic E-state index is 5.71. The van der Waals surface area contributed by atoms with Gasteiger partial charge < -0.3 is 10.1 Å². The van der Waals surface area contributed by atoms with E-state index in [0.717, 1.165) is 18.0 Å². The first-order chi connectivity index (χ1) is 6.84. The highest BCUT2D eigenvalue weighted by molar-refractivity contribution is 7.15. The molecule has 0 amide bonds. The molecule has 1 aliphatic heterocycles. The van der Waals surface area contributed by atoms with Crippen LogP contribution in [-0.4, -0.2) is 24.2 Å². The van der Waals surface area contributed by atoms with Gasteiger partial charge in [-0.25, -0.2) is 4.98 Å². The van der Waals surface area contributed by atoms with Gasteiger partial charge in [0, 0.05) is 12.2 Å². The highest BCUT2D eigenvalue weighted by Crippen LogP contribution is 2.18. The normalized spacial score (nSPS) is 21.6. The van der Waals surface area contributed by atoms with Gasteiger partial charge in [-0.2, -0.15) is 0 Å². The molecule has 5 heteroatoms. The molecule has 0 aromatic carbocycles. The first-order valence-corrected chi connectivity index (χ1v) is 5.95. The van der Waals surface area contributed by atoms with Crippen LogP contribution in [0.25, 0.3) is 0 Å². The van der Waals surface area contributed by atoms with Crippen LogP contribution in [-0.2, 0) is 11.3 Å². The van der Waals surface area contributed by atoms with E-state index >= 15 is 0 Å². The summed E-state index contributed by atoms with van der Waals surface area (Å²) in [5, 5.41) is 3.38. The molecule has 1 atom stereocenters. The summed E-state index contributed by atoms with van der Waals surface area (Å²) < 4.78 is 6.15. The molecule has 78 valence electrons. The Morgan fingerprint density at radius 1 is 1.71 bits per heavy atom. The molecule has 1 aromatic heterocycles. The van der Waals surface area contributed by atoms with Crippen LogP contribution in [0.15, 0.2) is 6.20 Å². The van der Waals surface area contributed by atoms with Crippen LogP contribution in [0.4, 0.5) is 0 Å². The third-order valence-corrected chi connectivity index (χ3v) is 3.34. The van der Waals surface area contributed by atoms with E-state index in [1.165, 1.54) is 24.2 Å². The number of ether oxygens (including phenoxy) is 1. The molecule has 0 radical (unpaired) electrons. The van der Waals surface area contributed by atoms with E-state index in [0.29, 0.717) is 17.1 Å². The number of aromatic nitrogens is 1. The topological polar surface area (TPSA) is 34.1 Å². The third-order valence-electron chi connectivity index (χ3n) is 2.25. The zero-order chi connectivity index (χ0) is 9.80. The lowest BCUT2D eigenvalue weighted by molar-refractivity contribution is 0.105. The van der Waals surface area contributed by atoms with Crippen molar-refractivity contribution in [1.29, 1.82) is 0 Å². The molecule has 0 unspecified atom stereocenters. The highest BCUT2D eigenvalue weighted by Gasteiger charge is 2.13. The Balaban J connectivity index is 1.67. The van der Waals surface area contributed by atoms with Crippen LogP contribution in [0.5, 0.6) is 0 Å². The lowest BCUT2D eigenvalue weighted by Gasteiger charge is -2.09. The predicted molar refractivity (Wildman–Crippen MR) is 57.8 cm³/mol. The van der Waals surface area contributed by atoms with Crippen LogP contribution in [0.2, 0.25) is 4.47 Å². The number of nitrogens with zero attached hydrogens (tertiary/aromatic N) is 1. The van der Waals surface area contributed by atoms with Crippen molar-refractivity contribution in [3.63, 3.8) is 0 Å². The van der Waals surface area contributed by atoms with E-state index in [1.54, 1.807) is 6.20 Å². The van der Waals surface area contributed by atoms with Crippen molar-refractivity contribution in [3.8, 4) is 0 Å². The molecule has 0 spiro atoms. The van der Waals surface area contributed by atoms with Gasteiger partial charge in [0.25, 0.3) is 0 Å². The second-order valence-corrected chi connectivity index (χ2v) is 5.09. The van der Waals surface area contributed by atoms with Crippen LogP contribution in [0, 0.1) is 0 Å². The quantitative estimate of drug-likeness (QED) is 0.863. The third kappa shape index (κ3) is 2.92. The van der Waals surface area contributed by atoms with Crippen molar-refractivity contribution in [3.05, 3.63) is 15.5 Å². The standard InChI is InChI=1S/C9H13ClN2OS/c10-9-12-4-8(14-9)6-13-5-7-2-1-3-11-7/h4,7,11H,1-3,5-6H2/t7-/m1/s1. The molecule has 1 saturated heterocycles. The Hall–Kier alpha value is -0.160. The second-order valence-electron chi connectivity index (χ2n) is 3.39. The summed E-state index contributed by atoms with van der Waals surface area (Å²) in [6.45, 7) is 2.54. The first-order valence-electron chi connectivity index (χ1n) is 4.76. The van der Waals surface area contributed by atoms with Gasteiger partial charge in [0.2, 0.25) is 0 Å². The van der Waals surface area contributed by atoms with Gasteiger partial charge in [0.1, 0.15) is 0 Å². The highest BCUT2D eigenvalue weighted by atomic mass is 35.5. The van der Waals surface area contributed by atoms with E-state index < -0.39 is 0 Å². The Labute approximate surface area is 92.4 Å². The minimum absolute atomic E-state index is 0.540. The monoisotopic (exact) mass is 232 g/mol. The van der Waals surface area contributed by atoms with Crippen molar-refractivity contribution in [2.75, 3.05) is 13.2 Å². The minimum atomic E-state index is 0.540. The van der Waals surface area contributed by atoms with Gasteiger partial charge in [0.15, 0.2) is 4.47 Å². The largest absolute Gasteiger partial charge is 0.374 e. The zero-order valence-corrected chi connectivity index (χ0v) is 9.40. The fourth-order valence-corrected chi connectivity index (χ4v) is 2.47. The smallest absolute Gasteiger partial charge is 0.183 e. The molecule has 1 N–H and O–H groups in total. The summed E-state index contributed by atoms with van der Waals surface area (Å²) in [7, 11) is 0.